The first kappa shape index (κ1) is 11.2. The van der Waals surface area contributed by atoms with Crippen molar-refractivity contribution in [3.8, 4) is 0 Å². The normalized spacial score (nSPS) is 25.2. The van der Waals surface area contributed by atoms with Crippen molar-refractivity contribution in [2.75, 3.05) is 23.8 Å². The summed E-state index contributed by atoms with van der Waals surface area (Å²) in [4.78, 5) is 11.4. The van der Waals surface area contributed by atoms with Gasteiger partial charge in [0.1, 0.15) is 0 Å². The van der Waals surface area contributed by atoms with E-state index in [9.17, 15) is 4.79 Å². The summed E-state index contributed by atoms with van der Waals surface area (Å²) >= 11 is 3.53. The molecule has 3 nitrogen and oxygen atoms in total. The molecular weight excluding hydrogens is 206 g/mol. The topological polar surface area (TPSA) is 49.3 Å². The summed E-state index contributed by atoms with van der Waals surface area (Å²) in [7, 11) is 0. The summed E-state index contributed by atoms with van der Waals surface area (Å²) in [5.41, 5.74) is 0. The lowest BCUT2D eigenvalue weighted by molar-refractivity contribution is -0.120. The highest BCUT2D eigenvalue weighted by Gasteiger charge is 2.21. The van der Waals surface area contributed by atoms with Crippen molar-refractivity contribution in [3.05, 3.63) is 0 Å². The van der Waals surface area contributed by atoms with E-state index < -0.39 is 6.10 Å². The van der Waals surface area contributed by atoms with Crippen LogP contribution in [-0.2, 0) is 4.79 Å². The molecule has 0 spiro atoms. The molecule has 1 aliphatic heterocycles. The van der Waals surface area contributed by atoms with Crippen LogP contribution in [0.25, 0.3) is 0 Å². The molecular formula is C8H15NO2S2. The average molecular weight is 221 g/mol. The molecule has 0 radical (unpaired) electrons. The van der Waals surface area contributed by atoms with Crippen LogP contribution in [0.15, 0.2) is 0 Å². The van der Waals surface area contributed by atoms with Crippen molar-refractivity contribution in [2.24, 2.45) is 0 Å². The van der Waals surface area contributed by atoms with Gasteiger partial charge in [-0.3, -0.25) is 4.79 Å². The predicted octanol–water partition coefficient (Wildman–Crippen LogP) is 0.332. The van der Waals surface area contributed by atoms with Crippen LogP contribution in [0, 0.1) is 0 Å². The number of thioether (sulfide) groups is 2. The Kier molecular flexibility index (Phi) is 4.98. The predicted molar refractivity (Wildman–Crippen MR) is 58.3 cm³/mol. The van der Waals surface area contributed by atoms with Crippen molar-refractivity contribution in [3.63, 3.8) is 0 Å². The molecule has 1 rings (SSSR count). The second kappa shape index (κ2) is 5.78. The Hall–Kier alpha value is 0.130. The largest absolute Gasteiger partial charge is 0.392 e. The molecule has 0 saturated carbocycles. The first-order valence-electron chi connectivity index (χ1n) is 4.35. The molecule has 5 heteroatoms. The zero-order valence-corrected chi connectivity index (χ0v) is 9.29. The molecule has 0 aromatic heterocycles. The van der Waals surface area contributed by atoms with Gasteiger partial charge in [0.05, 0.1) is 11.4 Å². The summed E-state index contributed by atoms with van der Waals surface area (Å²) in [5.74, 6) is 3.16. The van der Waals surface area contributed by atoms with Gasteiger partial charge in [-0.25, -0.2) is 0 Å². The molecule has 2 N–H and O–H groups in total. The molecule has 76 valence electrons. The van der Waals surface area contributed by atoms with Crippen LogP contribution < -0.4 is 5.32 Å². The summed E-state index contributed by atoms with van der Waals surface area (Å²) in [6.45, 7) is 2.03. The molecule has 1 fully saturated rings. The van der Waals surface area contributed by atoms with E-state index in [1.54, 1.807) is 18.7 Å². The fourth-order valence-electron chi connectivity index (χ4n) is 1.00. The molecule has 1 saturated heterocycles. The Morgan fingerprint density at radius 1 is 1.69 bits per heavy atom. The summed E-state index contributed by atoms with van der Waals surface area (Å²) in [6, 6.07) is 0. The lowest BCUT2D eigenvalue weighted by Crippen LogP contribution is -2.39. The number of aliphatic hydroxyl groups is 1. The van der Waals surface area contributed by atoms with E-state index in [-0.39, 0.29) is 11.2 Å². The highest BCUT2D eigenvalue weighted by molar-refractivity contribution is 8.07. The van der Waals surface area contributed by atoms with E-state index >= 15 is 0 Å². The van der Waals surface area contributed by atoms with E-state index in [0.29, 0.717) is 6.54 Å². The maximum atomic E-state index is 11.4. The third-order valence-corrected chi connectivity index (χ3v) is 4.43. The molecule has 1 aliphatic rings. The van der Waals surface area contributed by atoms with Gasteiger partial charge < -0.3 is 10.4 Å². The molecule has 13 heavy (non-hydrogen) atoms. The Balaban J connectivity index is 2.21. The van der Waals surface area contributed by atoms with Crippen molar-refractivity contribution in [2.45, 2.75) is 18.3 Å². The Bertz CT molecular complexity index is 170. The quantitative estimate of drug-likeness (QED) is 0.721. The summed E-state index contributed by atoms with van der Waals surface area (Å²) in [6.07, 6.45) is -0.454. The molecule has 1 amide bonds. The van der Waals surface area contributed by atoms with E-state index in [4.69, 9.17) is 5.11 Å². The number of rotatable bonds is 3. The maximum Gasteiger partial charge on any atom is 0.234 e. The third kappa shape index (κ3) is 4.24. The fraction of sp³-hybridized carbons (Fsp3) is 0.875. The number of hydrogen-bond donors (Lipinski definition) is 2. The minimum Gasteiger partial charge on any atom is -0.392 e. The second-order valence-corrected chi connectivity index (χ2v) is 5.49. The van der Waals surface area contributed by atoms with Gasteiger partial charge >= 0.3 is 0 Å². The van der Waals surface area contributed by atoms with Gasteiger partial charge in [0, 0.05) is 23.8 Å². The molecule has 0 bridgehead atoms. The van der Waals surface area contributed by atoms with Crippen LogP contribution in [0.5, 0.6) is 0 Å². The minimum absolute atomic E-state index is 0.0677. The summed E-state index contributed by atoms with van der Waals surface area (Å²) < 4.78 is 0. The molecule has 1 heterocycles. The molecule has 2 atom stereocenters. The van der Waals surface area contributed by atoms with E-state index in [1.807, 2.05) is 11.8 Å². The van der Waals surface area contributed by atoms with E-state index in [2.05, 4.69) is 5.32 Å². The van der Waals surface area contributed by atoms with Crippen LogP contribution in [-0.4, -0.2) is 46.2 Å². The van der Waals surface area contributed by atoms with Crippen LogP contribution in [0.1, 0.15) is 6.92 Å². The molecule has 0 aromatic carbocycles. The number of amides is 1. The molecule has 0 aromatic rings. The summed E-state index contributed by atoms with van der Waals surface area (Å²) in [5, 5.41) is 11.8. The monoisotopic (exact) mass is 221 g/mol. The van der Waals surface area contributed by atoms with Gasteiger partial charge in [-0.15, -0.1) is 11.8 Å². The second-order valence-electron chi connectivity index (χ2n) is 3.03. The molecule has 1 unspecified atom stereocenters. The Morgan fingerprint density at radius 2 is 2.46 bits per heavy atom. The van der Waals surface area contributed by atoms with Crippen molar-refractivity contribution < 1.29 is 9.90 Å². The Labute approximate surface area is 87.0 Å². The zero-order valence-electron chi connectivity index (χ0n) is 7.66. The zero-order chi connectivity index (χ0) is 9.68. The standard InChI is InChI=1S/C8H15NO2S2/c1-6(10)4-9-8(11)7-5-12-2-3-13-7/h6-7,10H,2-5H2,1H3,(H,9,11)/t6-,7?/m1/s1. The average Bonchev–Trinajstić information content (AvgIpc) is 2.15. The van der Waals surface area contributed by atoms with Crippen molar-refractivity contribution in [1.29, 1.82) is 0 Å². The lowest BCUT2D eigenvalue weighted by Gasteiger charge is -2.20. The van der Waals surface area contributed by atoms with Gasteiger partial charge in [0.15, 0.2) is 0 Å². The molecule has 0 aliphatic carbocycles. The van der Waals surface area contributed by atoms with E-state index in [1.165, 1.54) is 0 Å². The Morgan fingerprint density at radius 3 is 3.00 bits per heavy atom. The van der Waals surface area contributed by atoms with Crippen LogP contribution in [0.3, 0.4) is 0 Å². The SMILES string of the molecule is C[C@@H](O)CNC(=O)C1CSCCS1. The van der Waals surface area contributed by atoms with Gasteiger partial charge in [-0.1, -0.05) is 0 Å². The first-order chi connectivity index (χ1) is 6.20. The van der Waals surface area contributed by atoms with Crippen LogP contribution in [0.4, 0.5) is 0 Å². The van der Waals surface area contributed by atoms with Gasteiger partial charge in [0.25, 0.3) is 0 Å². The lowest BCUT2D eigenvalue weighted by atomic mass is 10.4. The van der Waals surface area contributed by atoms with Crippen LogP contribution >= 0.6 is 23.5 Å². The highest BCUT2D eigenvalue weighted by atomic mass is 32.2. The number of aliphatic hydroxyl groups excluding tert-OH is 1. The number of carbonyl (C=O) groups excluding carboxylic acids is 1. The van der Waals surface area contributed by atoms with Gasteiger partial charge in [-0.05, 0) is 6.92 Å². The number of hydrogen-bond acceptors (Lipinski definition) is 4. The van der Waals surface area contributed by atoms with Crippen molar-refractivity contribution >= 4 is 29.4 Å². The number of carbonyl (C=O) groups is 1. The first-order valence-corrected chi connectivity index (χ1v) is 6.55. The van der Waals surface area contributed by atoms with Crippen LogP contribution in [0.2, 0.25) is 0 Å². The van der Waals surface area contributed by atoms with Gasteiger partial charge in [0.2, 0.25) is 5.91 Å². The van der Waals surface area contributed by atoms with E-state index in [0.717, 1.165) is 17.3 Å². The fourth-order valence-corrected chi connectivity index (χ4v) is 3.58. The van der Waals surface area contributed by atoms with Crippen molar-refractivity contribution in [1.82, 2.24) is 5.32 Å². The smallest absolute Gasteiger partial charge is 0.234 e. The minimum atomic E-state index is -0.454. The number of nitrogens with one attached hydrogen (secondary N) is 1. The maximum absolute atomic E-state index is 11.4. The third-order valence-electron chi connectivity index (χ3n) is 1.68. The van der Waals surface area contributed by atoms with Gasteiger partial charge in [-0.2, -0.15) is 11.8 Å². The highest BCUT2D eigenvalue weighted by Crippen LogP contribution is 2.23.